The Balaban J connectivity index is 1.81. The van der Waals surface area contributed by atoms with Crippen LogP contribution in [0.2, 0.25) is 5.15 Å². The van der Waals surface area contributed by atoms with E-state index in [0.29, 0.717) is 34.3 Å². The summed E-state index contributed by atoms with van der Waals surface area (Å²) < 4.78 is 10.5. The van der Waals surface area contributed by atoms with E-state index >= 15 is 0 Å². The van der Waals surface area contributed by atoms with Crippen molar-refractivity contribution in [3.63, 3.8) is 0 Å². The lowest BCUT2D eigenvalue weighted by Crippen LogP contribution is -2.12. The van der Waals surface area contributed by atoms with Crippen LogP contribution in [0.15, 0.2) is 30.3 Å². The predicted octanol–water partition coefficient (Wildman–Crippen LogP) is 3.28. The first-order chi connectivity index (χ1) is 10.2. The third-order valence-corrected chi connectivity index (χ3v) is 3.30. The van der Waals surface area contributed by atoms with Crippen molar-refractivity contribution in [2.24, 2.45) is 0 Å². The minimum absolute atomic E-state index is 0.201. The fraction of sp³-hybridized carbons (Fsp3) is 0.200. The van der Waals surface area contributed by atoms with Gasteiger partial charge in [-0.1, -0.05) is 18.5 Å². The Hall–Kier alpha value is -2.27. The van der Waals surface area contributed by atoms with Gasteiger partial charge in [-0.05, 0) is 30.7 Å². The number of aryl methyl sites for hydroxylation is 1. The summed E-state index contributed by atoms with van der Waals surface area (Å²) in [5, 5.41) is 3.12. The average molecular weight is 305 g/mol. The number of halogens is 1. The zero-order chi connectivity index (χ0) is 14.8. The van der Waals surface area contributed by atoms with Gasteiger partial charge in [-0.2, -0.15) is 0 Å². The molecule has 0 spiro atoms. The van der Waals surface area contributed by atoms with Crippen molar-refractivity contribution in [2.45, 2.75) is 13.3 Å². The van der Waals surface area contributed by atoms with Crippen LogP contribution < -0.4 is 14.8 Å². The first kappa shape index (κ1) is 13.7. The smallest absolute Gasteiger partial charge is 0.255 e. The maximum absolute atomic E-state index is 12.3. The number of hydrogen-bond acceptors (Lipinski definition) is 4. The maximum Gasteiger partial charge on any atom is 0.255 e. The number of rotatable bonds is 3. The molecule has 0 saturated carbocycles. The highest BCUT2D eigenvalue weighted by Gasteiger charge is 2.15. The fourth-order valence-corrected chi connectivity index (χ4v) is 2.27. The molecule has 0 unspecified atom stereocenters. The van der Waals surface area contributed by atoms with E-state index in [2.05, 4.69) is 10.3 Å². The van der Waals surface area contributed by atoms with Crippen LogP contribution in [-0.4, -0.2) is 17.7 Å². The molecule has 0 bridgehead atoms. The molecule has 1 amide bonds. The number of aromatic nitrogens is 1. The number of carbonyl (C=O) groups is 1. The highest BCUT2D eigenvalue weighted by molar-refractivity contribution is 6.29. The molecule has 0 fully saturated rings. The Bertz CT molecular complexity index is 703. The molecule has 5 nitrogen and oxygen atoms in total. The van der Waals surface area contributed by atoms with E-state index in [1.807, 2.05) is 6.92 Å². The molecule has 1 aliphatic heterocycles. The Morgan fingerprint density at radius 1 is 1.29 bits per heavy atom. The van der Waals surface area contributed by atoms with Crippen LogP contribution in [-0.2, 0) is 6.42 Å². The summed E-state index contributed by atoms with van der Waals surface area (Å²) in [6.45, 7) is 2.16. The average Bonchev–Trinajstić information content (AvgIpc) is 2.94. The first-order valence-electron chi connectivity index (χ1n) is 6.53. The third-order valence-electron chi connectivity index (χ3n) is 3.10. The van der Waals surface area contributed by atoms with Gasteiger partial charge >= 0.3 is 0 Å². The van der Waals surface area contributed by atoms with Crippen molar-refractivity contribution in [3.05, 3.63) is 46.7 Å². The number of fused-ring (bicyclic) bond motifs is 1. The summed E-state index contributed by atoms with van der Waals surface area (Å²) >= 11 is 5.92. The molecule has 2 aromatic rings. The molecule has 3 rings (SSSR count). The number of nitrogens with zero attached hydrogens (tertiary/aromatic N) is 1. The normalized spacial score (nSPS) is 12.3. The lowest BCUT2D eigenvalue weighted by atomic mass is 10.2. The molecule has 1 N–H and O–H groups in total. The summed E-state index contributed by atoms with van der Waals surface area (Å²) in [7, 11) is 0. The number of anilines is 1. The van der Waals surface area contributed by atoms with E-state index in [0.717, 1.165) is 5.69 Å². The molecule has 0 saturated heterocycles. The molecule has 1 aromatic heterocycles. The Labute approximate surface area is 126 Å². The van der Waals surface area contributed by atoms with Crippen molar-refractivity contribution in [1.29, 1.82) is 0 Å². The summed E-state index contributed by atoms with van der Waals surface area (Å²) in [6.07, 6.45) is 0.713. The quantitative estimate of drug-likeness (QED) is 0.884. The van der Waals surface area contributed by atoms with Gasteiger partial charge in [0.25, 0.3) is 5.91 Å². The number of amides is 1. The minimum atomic E-state index is -0.243. The molecule has 0 atom stereocenters. The zero-order valence-electron chi connectivity index (χ0n) is 11.4. The van der Waals surface area contributed by atoms with Gasteiger partial charge in [0, 0.05) is 23.0 Å². The number of nitrogens with one attached hydrogen (secondary N) is 1. The van der Waals surface area contributed by atoms with Crippen molar-refractivity contribution in [2.75, 3.05) is 12.1 Å². The van der Waals surface area contributed by atoms with Gasteiger partial charge in [0.15, 0.2) is 11.5 Å². The number of ether oxygens (including phenoxy) is 2. The summed E-state index contributed by atoms with van der Waals surface area (Å²) in [4.78, 5) is 16.4. The maximum atomic E-state index is 12.3. The lowest BCUT2D eigenvalue weighted by molar-refractivity contribution is 0.102. The van der Waals surface area contributed by atoms with E-state index in [-0.39, 0.29) is 12.7 Å². The Kier molecular flexibility index (Phi) is 3.66. The minimum Gasteiger partial charge on any atom is -0.454 e. The Morgan fingerprint density at radius 2 is 2.10 bits per heavy atom. The van der Waals surface area contributed by atoms with Gasteiger partial charge in [-0.15, -0.1) is 0 Å². The van der Waals surface area contributed by atoms with E-state index in [4.69, 9.17) is 21.1 Å². The molecule has 0 radical (unpaired) electrons. The van der Waals surface area contributed by atoms with Gasteiger partial charge < -0.3 is 14.8 Å². The van der Waals surface area contributed by atoms with Crippen LogP contribution in [0.3, 0.4) is 0 Å². The van der Waals surface area contributed by atoms with E-state index < -0.39 is 0 Å². The lowest BCUT2D eigenvalue weighted by Gasteiger charge is -2.07. The second-order valence-corrected chi connectivity index (χ2v) is 4.93. The van der Waals surface area contributed by atoms with Crippen molar-refractivity contribution in [3.8, 4) is 11.5 Å². The molecule has 21 heavy (non-hydrogen) atoms. The van der Waals surface area contributed by atoms with Crippen LogP contribution in [0.1, 0.15) is 23.0 Å². The second-order valence-electron chi connectivity index (χ2n) is 4.55. The van der Waals surface area contributed by atoms with Gasteiger partial charge in [0.1, 0.15) is 5.15 Å². The van der Waals surface area contributed by atoms with E-state index in [1.54, 1.807) is 30.3 Å². The SMILES string of the molecule is CCc1cc(C(=O)Nc2ccc3c(c2)OCO3)cc(Cl)n1. The van der Waals surface area contributed by atoms with Crippen molar-refractivity contribution < 1.29 is 14.3 Å². The van der Waals surface area contributed by atoms with Gasteiger partial charge in [0.05, 0.1) is 0 Å². The van der Waals surface area contributed by atoms with Crippen LogP contribution in [0.25, 0.3) is 0 Å². The largest absolute Gasteiger partial charge is 0.454 e. The molecule has 1 aromatic carbocycles. The van der Waals surface area contributed by atoms with Crippen molar-refractivity contribution >= 4 is 23.2 Å². The summed E-state index contributed by atoms with van der Waals surface area (Å²) in [5.74, 6) is 1.05. The highest BCUT2D eigenvalue weighted by atomic mass is 35.5. The van der Waals surface area contributed by atoms with Crippen molar-refractivity contribution in [1.82, 2.24) is 4.98 Å². The molecule has 108 valence electrons. The van der Waals surface area contributed by atoms with E-state index in [9.17, 15) is 4.79 Å². The molecular weight excluding hydrogens is 292 g/mol. The monoisotopic (exact) mass is 304 g/mol. The highest BCUT2D eigenvalue weighted by Crippen LogP contribution is 2.34. The standard InChI is InChI=1S/C15H13ClN2O3/c1-2-10-5-9(6-14(16)17-10)15(19)18-11-3-4-12-13(7-11)21-8-20-12/h3-7H,2,8H2,1H3,(H,18,19). The van der Waals surface area contributed by atoms with Crippen LogP contribution in [0.4, 0.5) is 5.69 Å². The molecule has 6 heteroatoms. The third kappa shape index (κ3) is 2.92. The van der Waals surface area contributed by atoms with Crippen LogP contribution in [0, 0.1) is 0 Å². The Morgan fingerprint density at radius 3 is 2.90 bits per heavy atom. The first-order valence-corrected chi connectivity index (χ1v) is 6.91. The molecular formula is C15H13ClN2O3. The molecule has 2 heterocycles. The van der Waals surface area contributed by atoms with Gasteiger partial charge in [0.2, 0.25) is 6.79 Å². The zero-order valence-corrected chi connectivity index (χ0v) is 12.1. The number of pyridine rings is 1. The second kappa shape index (κ2) is 5.61. The fourth-order valence-electron chi connectivity index (χ4n) is 2.04. The number of benzene rings is 1. The van der Waals surface area contributed by atoms with Crippen LogP contribution >= 0.6 is 11.6 Å². The number of hydrogen-bond donors (Lipinski definition) is 1. The van der Waals surface area contributed by atoms with Gasteiger partial charge in [-0.25, -0.2) is 4.98 Å². The molecule has 1 aliphatic rings. The van der Waals surface area contributed by atoms with Crippen LogP contribution in [0.5, 0.6) is 11.5 Å². The summed E-state index contributed by atoms with van der Waals surface area (Å²) in [5.41, 5.74) is 1.89. The van der Waals surface area contributed by atoms with Gasteiger partial charge in [-0.3, -0.25) is 4.79 Å². The van der Waals surface area contributed by atoms with E-state index in [1.165, 1.54) is 0 Å². The summed E-state index contributed by atoms with van der Waals surface area (Å²) in [6, 6.07) is 8.52. The topological polar surface area (TPSA) is 60.5 Å². The predicted molar refractivity (Wildman–Crippen MR) is 79.1 cm³/mol. The molecule has 0 aliphatic carbocycles. The number of carbonyl (C=O) groups excluding carboxylic acids is 1.